The zero-order valence-corrected chi connectivity index (χ0v) is 17.1. The molecule has 2 aliphatic rings. The summed E-state index contributed by atoms with van der Waals surface area (Å²) < 4.78 is 19.5. The molecule has 2 aliphatic heterocycles. The van der Waals surface area contributed by atoms with Crippen LogP contribution >= 0.6 is 11.6 Å². The molecule has 0 aromatic heterocycles. The Bertz CT molecular complexity index is 696. The first-order chi connectivity index (χ1) is 13.5. The summed E-state index contributed by atoms with van der Waals surface area (Å²) in [6.45, 7) is 8.75. The van der Waals surface area contributed by atoms with Crippen LogP contribution in [0.4, 0.5) is 9.18 Å². The molecule has 2 amide bonds. The quantitative estimate of drug-likeness (QED) is 0.431. The van der Waals surface area contributed by atoms with E-state index in [2.05, 4.69) is 22.0 Å². The fourth-order valence-electron chi connectivity index (χ4n) is 2.90. The standard InChI is InChI=1S/C19H27ClFN5O2/c1-4-5-18(23-22-3)24-8-10-26(11-9-24)19(27)25-7-6-17(21)16(20)14-15(2)28-13-12-25/h4-6,14,22H,2,7-13H2,1,3H3/b5-4-,16-14+,17-6+,23-18+. The summed E-state index contributed by atoms with van der Waals surface area (Å²) in [4.78, 5) is 18.3. The SMILES string of the molecule is C=C1/C=C(Cl)\C(F)=C/CN(C(=O)N2CCN(C(/C=C\C)=N/NC)CC2)CCO1. The van der Waals surface area contributed by atoms with Gasteiger partial charge in [0.05, 0.1) is 11.6 Å². The number of amides is 2. The van der Waals surface area contributed by atoms with E-state index in [-0.39, 0.29) is 30.0 Å². The van der Waals surface area contributed by atoms with Crippen LogP contribution in [0.25, 0.3) is 0 Å². The molecule has 1 fully saturated rings. The molecule has 28 heavy (non-hydrogen) atoms. The normalized spacial score (nSPS) is 23.6. The molecule has 0 unspecified atom stereocenters. The highest BCUT2D eigenvalue weighted by molar-refractivity contribution is 6.31. The van der Waals surface area contributed by atoms with E-state index >= 15 is 0 Å². The van der Waals surface area contributed by atoms with Crippen LogP contribution in [0.1, 0.15) is 6.92 Å². The number of hydrazone groups is 1. The molecule has 1 N–H and O–H groups in total. The van der Waals surface area contributed by atoms with Gasteiger partial charge in [0.1, 0.15) is 24.0 Å². The van der Waals surface area contributed by atoms with Crippen molar-refractivity contribution in [3.8, 4) is 0 Å². The first-order valence-corrected chi connectivity index (χ1v) is 9.55. The van der Waals surface area contributed by atoms with Crippen LogP contribution in [0, 0.1) is 0 Å². The van der Waals surface area contributed by atoms with Crippen molar-refractivity contribution in [3.63, 3.8) is 0 Å². The van der Waals surface area contributed by atoms with Gasteiger partial charge in [0.15, 0.2) is 0 Å². The maximum absolute atomic E-state index is 14.0. The van der Waals surface area contributed by atoms with Crippen LogP contribution in [0.15, 0.2) is 52.6 Å². The molecule has 0 aromatic rings. The Balaban J connectivity index is 2.01. The number of ether oxygens (including phenoxy) is 1. The Labute approximate surface area is 170 Å². The Hall–Kier alpha value is -2.48. The summed E-state index contributed by atoms with van der Waals surface area (Å²) in [6, 6.07) is -0.156. The number of piperazine rings is 1. The third-order valence-corrected chi connectivity index (χ3v) is 4.63. The zero-order chi connectivity index (χ0) is 20.5. The third kappa shape index (κ3) is 6.02. The summed E-state index contributed by atoms with van der Waals surface area (Å²) in [5, 5.41) is 4.17. The van der Waals surface area contributed by atoms with E-state index in [0.717, 1.165) is 5.84 Å². The molecule has 9 heteroatoms. The molecular weight excluding hydrogens is 385 g/mol. The highest BCUT2D eigenvalue weighted by atomic mass is 35.5. The van der Waals surface area contributed by atoms with Crippen molar-refractivity contribution >= 4 is 23.5 Å². The van der Waals surface area contributed by atoms with E-state index in [0.29, 0.717) is 32.7 Å². The molecule has 0 aromatic carbocycles. The second kappa shape index (κ2) is 10.8. The van der Waals surface area contributed by atoms with Crippen molar-refractivity contribution < 1.29 is 13.9 Å². The van der Waals surface area contributed by atoms with Crippen LogP contribution in [0.2, 0.25) is 0 Å². The van der Waals surface area contributed by atoms with E-state index in [4.69, 9.17) is 16.3 Å². The van der Waals surface area contributed by atoms with Crippen LogP contribution in [0.3, 0.4) is 0 Å². The first kappa shape index (κ1) is 21.8. The predicted octanol–water partition coefficient (Wildman–Crippen LogP) is 2.66. The highest BCUT2D eigenvalue weighted by Gasteiger charge is 2.26. The van der Waals surface area contributed by atoms with Crippen molar-refractivity contribution in [1.82, 2.24) is 20.1 Å². The van der Waals surface area contributed by atoms with Gasteiger partial charge in [0, 0.05) is 45.8 Å². The number of nitrogens with zero attached hydrogens (tertiary/aromatic N) is 4. The van der Waals surface area contributed by atoms with E-state index in [1.54, 1.807) is 16.8 Å². The monoisotopic (exact) mass is 411 g/mol. The number of allylic oxidation sites excluding steroid dienone is 4. The lowest BCUT2D eigenvalue weighted by Crippen LogP contribution is -2.54. The average molecular weight is 412 g/mol. The minimum atomic E-state index is -0.602. The number of hydrogen-bond acceptors (Lipinski definition) is 4. The van der Waals surface area contributed by atoms with Crippen LogP contribution in [-0.2, 0) is 4.74 Å². The van der Waals surface area contributed by atoms with Crippen LogP contribution in [-0.4, -0.2) is 79.5 Å². The molecule has 1 saturated heterocycles. The van der Waals surface area contributed by atoms with Gasteiger partial charge in [0.25, 0.3) is 0 Å². The Morgan fingerprint density at radius 3 is 2.61 bits per heavy atom. The van der Waals surface area contributed by atoms with Crippen molar-refractivity contribution in [2.75, 3.05) is 52.9 Å². The summed E-state index contributed by atoms with van der Waals surface area (Å²) in [6.07, 6.45) is 6.48. The smallest absolute Gasteiger partial charge is 0.320 e. The van der Waals surface area contributed by atoms with E-state index in [1.807, 2.05) is 19.1 Å². The number of amidine groups is 1. The zero-order valence-electron chi connectivity index (χ0n) is 16.3. The Morgan fingerprint density at radius 2 is 1.96 bits per heavy atom. The van der Waals surface area contributed by atoms with Gasteiger partial charge in [-0.1, -0.05) is 24.3 Å². The topological polar surface area (TPSA) is 60.4 Å². The van der Waals surface area contributed by atoms with Gasteiger partial charge in [-0.05, 0) is 19.1 Å². The van der Waals surface area contributed by atoms with Crippen LogP contribution < -0.4 is 5.43 Å². The third-order valence-electron chi connectivity index (χ3n) is 4.34. The van der Waals surface area contributed by atoms with Crippen LogP contribution in [0.5, 0.6) is 0 Å². The van der Waals surface area contributed by atoms with Crippen molar-refractivity contribution in [2.45, 2.75) is 6.92 Å². The minimum absolute atomic E-state index is 0.0896. The lowest BCUT2D eigenvalue weighted by Gasteiger charge is -2.38. The number of hydrogen-bond donors (Lipinski definition) is 1. The van der Waals surface area contributed by atoms with E-state index < -0.39 is 5.83 Å². The molecular formula is C19H27ClFN5O2. The van der Waals surface area contributed by atoms with Crippen molar-refractivity contribution in [2.24, 2.45) is 5.10 Å². The second-order valence-corrected chi connectivity index (χ2v) is 6.66. The molecule has 2 heterocycles. The molecule has 0 spiro atoms. The van der Waals surface area contributed by atoms with Gasteiger partial charge in [0.2, 0.25) is 0 Å². The van der Waals surface area contributed by atoms with Crippen molar-refractivity contribution in [3.05, 3.63) is 47.5 Å². The number of urea groups is 1. The van der Waals surface area contributed by atoms with Gasteiger partial charge in [-0.3, -0.25) is 0 Å². The average Bonchev–Trinajstić information content (AvgIpc) is 2.69. The number of carbonyl (C=O) groups excluding carboxylic acids is 1. The fraction of sp³-hybridized carbons (Fsp3) is 0.474. The Morgan fingerprint density at radius 1 is 1.29 bits per heavy atom. The summed E-state index contributed by atoms with van der Waals surface area (Å²) >= 11 is 5.87. The number of halogens is 2. The molecule has 0 radical (unpaired) electrons. The highest BCUT2D eigenvalue weighted by Crippen LogP contribution is 2.20. The first-order valence-electron chi connectivity index (χ1n) is 9.17. The maximum atomic E-state index is 14.0. The number of rotatable bonds is 2. The number of carbonyl (C=O) groups is 1. The van der Waals surface area contributed by atoms with Gasteiger partial charge < -0.3 is 24.9 Å². The lowest BCUT2D eigenvalue weighted by atomic mass is 10.3. The lowest BCUT2D eigenvalue weighted by molar-refractivity contribution is 0.121. The predicted molar refractivity (Wildman–Crippen MR) is 110 cm³/mol. The van der Waals surface area contributed by atoms with Gasteiger partial charge in [-0.25, -0.2) is 9.18 Å². The molecule has 0 atom stereocenters. The van der Waals surface area contributed by atoms with Gasteiger partial charge in [-0.15, -0.1) is 0 Å². The maximum Gasteiger partial charge on any atom is 0.320 e. The molecule has 154 valence electrons. The summed E-state index contributed by atoms with van der Waals surface area (Å²) in [5.41, 5.74) is 2.80. The van der Waals surface area contributed by atoms with Crippen molar-refractivity contribution in [1.29, 1.82) is 0 Å². The largest absolute Gasteiger partial charge is 0.492 e. The molecule has 0 saturated carbocycles. The van der Waals surface area contributed by atoms with E-state index in [1.165, 1.54) is 12.2 Å². The fourth-order valence-corrected chi connectivity index (χ4v) is 3.09. The minimum Gasteiger partial charge on any atom is -0.492 e. The summed E-state index contributed by atoms with van der Waals surface area (Å²) in [5.74, 6) is 0.487. The van der Waals surface area contributed by atoms with Gasteiger partial charge >= 0.3 is 6.03 Å². The molecule has 0 aliphatic carbocycles. The second-order valence-electron chi connectivity index (χ2n) is 6.26. The number of nitrogens with one attached hydrogen (secondary N) is 1. The Kier molecular flexibility index (Phi) is 8.38. The van der Waals surface area contributed by atoms with Gasteiger partial charge in [-0.2, -0.15) is 5.10 Å². The van der Waals surface area contributed by atoms with E-state index in [9.17, 15) is 9.18 Å². The summed E-state index contributed by atoms with van der Waals surface area (Å²) in [7, 11) is 1.75. The molecule has 2 rings (SSSR count). The molecule has 0 bridgehead atoms. The molecule has 7 nitrogen and oxygen atoms in total.